The standard InChI is InChI=1S/C22H21NO6/c24-17-15-12-6-7-13(8-12)16(15)22(19-18(17)28-19)9-14(20(25)29-22)23-21(26)27-10-11-4-2-1-3-5-11/h1-7,12-16,18-19H,8-10H2,(H,23,26)/t12?,13?,14-,15+,16-,18-,19-,22-/m0/s1. The van der Waals surface area contributed by atoms with Crippen molar-refractivity contribution >= 4 is 17.8 Å². The van der Waals surface area contributed by atoms with E-state index in [1.165, 1.54) is 0 Å². The molecule has 29 heavy (non-hydrogen) atoms. The molecule has 7 nitrogen and oxygen atoms in total. The molecule has 1 aromatic carbocycles. The summed E-state index contributed by atoms with van der Waals surface area (Å²) >= 11 is 0. The summed E-state index contributed by atoms with van der Waals surface area (Å²) < 4.78 is 16.9. The average Bonchev–Trinajstić information content (AvgIpc) is 3.12. The van der Waals surface area contributed by atoms with E-state index in [9.17, 15) is 14.4 Å². The second-order valence-electron chi connectivity index (χ2n) is 8.72. The first-order valence-electron chi connectivity index (χ1n) is 10.1. The molecule has 2 aliphatic heterocycles. The van der Waals surface area contributed by atoms with Crippen molar-refractivity contribution in [3.8, 4) is 0 Å². The summed E-state index contributed by atoms with van der Waals surface area (Å²) in [6.07, 6.45) is 3.99. The van der Waals surface area contributed by atoms with E-state index in [1.54, 1.807) is 0 Å². The Balaban J connectivity index is 1.18. The van der Waals surface area contributed by atoms with Gasteiger partial charge in [-0.3, -0.25) is 4.79 Å². The number of benzene rings is 1. The van der Waals surface area contributed by atoms with Crippen molar-refractivity contribution in [1.82, 2.24) is 5.32 Å². The number of fused-ring (bicyclic) bond motifs is 8. The number of nitrogens with one attached hydrogen (secondary N) is 1. The maximum atomic E-state index is 12.7. The van der Waals surface area contributed by atoms with Gasteiger partial charge in [0, 0.05) is 18.3 Å². The quantitative estimate of drug-likeness (QED) is 0.476. The van der Waals surface area contributed by atoms with Crippen LogP contribution in [-0.2, 0) is 30.4 Å². The van der Waals surface area contributed by atoms with Gasteiger partial charge in [0.25, 0.3) is 0 Å². The Bertz CT molecular complexity index is 928. The monoisotopic (exact) mass is 395 g/mol. The van der Waals surface area contributed by atoms with E-state index in [4.69, 9.17) is 14.2 Å². The van der Waals surface area contributed by atoms with Crippen LogP contribution in [0.3, 0.4) is 0 Å². The number of hydrogen-bond acceptors (Lipinski definition) is 6. The molecule has 5 aliphatic rings. The third kappa shape index (κ3) is 2.43. The summed E-state index contributed by atoms with van der Waals surface area (Å²) in [4.78, 5) is 37.6. The first-order chi connectivity index (χ1) is 14.1. The Labute approximate surface area is 167 Å². The highest BCUT2D eigenvalue weighted by atomic mass is 16.6. The number of epoxide rings is 1. The lowest BCUT2D eigenvalue weighted by Crippen LogP contribution is -2.56. The second kappa shape index (κ2) is 5.92. The third-order valence-electron chi connectivity index (χ3n) is 7.21. The average molecular weight is 395 g/mol. The van der Waals surface area contributed by atoms with Gasteiger partial charge in [-0.2, -0.15) is 0 Å². The van der Waals surface area contributed by atoms with Crippen molar-refractivity contribution in [3.63, 3.8) is 0 Å². The van der Waals surface area contributed by atoms with Gasteiger partial charge in [0.05, 0.1) is 0 Å². The number of rotatable bonds is 3. The van der Waals surface area contributed by atoms with Crippen molar-refractivity contribution in [2.75, 3.05) is 0 Å². The SMILES string of the molecule is O=C(N[C@H]1C[C@@]2(OC1=O)[C@H]1O[C@H]1C(=O)[C@@H]1C3C=CC(C3)[C@@H]12)OCc1ccccc1. The Morgan fingerprint density at radius 2 is 1.97 bits per heavy atom. The van der Waals surface area contributed by atoms with Gasteiger partial charge < -0.3 is 19.5 Å². The molecule has 1 spiro atoms. The normalized spacial score (nSPS) is 43.1. The molecule has 1 N–H and O–H groups in total. The lowest BCUT2D eigenvalue weighted by atomic mass is 9.63. The van der Waals surface area contributed by atoms with Crippen molar-refractivity contribution in [3.05, 3.63) is 48.0 Å². The molecule has 1 aromatic rings. The van der Waals surface area contributed by atoms with Gasteiger partial charge in [-0.25, -0.2) is 9.59 Å². The first kappa shape index (κ1) is 17.2. The van der Waals surface area contributed by atoms with Crippen LogP contribution in [0.4, 0.5) is 4.79 Å². The molecular weight excluding hydrogens is 374 g/mol. The molecule has 3 aliphatic carbocycles. The number of alkyl carbamates (subject to hydrolysis) is 1. The van der Waals surface area contributed by atoms with E-state index in [2.05, 4.69) is 17.5 Å². The third-order valence-corrected chi connectivity index (χ3v) is 7.21. The molecule has 0 radical (unpaired) electrons. The van der Waals surface area contributed by atoms with Crippen molar-refractivity contribution < 1.29 is 28.6 Å². The number of amides is 1. The zero-order valence-corrected chi connectivity index (χ0v) is 15.7. The van der Waals surface area contributed by atoms with Crippen LogP contribution in [0.25, 0.3) is 0 Å². The van der Waals surface area contributed by atoms with Crippen molar-refractivity contribution in [1.29, 1.82) is 0 Å². The summed E-state index contributed by atoms with van der Waals surface area (Å²) in [6, 6.07) is 8.55. The van der Waals surface area contributed by atoms with Crippen LogP contribution in [0.2, 0.25) is 0 Å². The minimum absolute atomic E-state index is 0.0650. The van der Waals surface area contributed by atoms with E-state index in [0.717, 1.165) is 12.0 Å². The van der Waals surface area contributed by atoms with Crippen molar-refractivity contribution in [2.45, 2.75) is 43.3 Å². The Morgan fingerprint density at radius 1 is 1.17 bits per heavy atom. The molecule has 2 saturated carbocycles. The fourth-order valence-electron chi connectivity index (χ4n) is 6.05. The molecule has 0 aromatic heterocycles. The highest BCUT2D eigenvalue weighted by molar-refractivity contribution is 5.93. The molecule has 2 saturated heterocycles. The van der Waals surface area contributed by atoms with Crippen LogP contribution in [0.15, 0.2) is 42.5 Å². The van der Waals surface area contributed by atoms with Gasteiger partial charge in [-0.15, -0.1) is 0 Å². The van der Waals surface area contributed by atoms with Crippen molar-refractivity contribution in [2.24, 2.45) is 23.7 Å². The Kier molecular flexibility index (Phi) is 3.51. The van der Waals surface area contributed by atoms with E-state index in [-0.39, 0.29) is 42.2 Å². The molecule has 2 heterocycles. The summed E-state index contributed by atoms with van der Waals surface area (Å²) in [5, 5.41) is 2.65. The zero-order chi connectivity index (χ0) is 19.8. The number of carbonyl (C=O) groups is 3. The van der Waals surface area contributed by atoms with Gasteiger partial charge in [-0.05, 0) is 23.8 Å². The maximum Gasteiger partial charge on any atom is 0.408 e. The van der Waals surface area contributed by atoms with Crippen LogP contribution < -0.4 is 5.32 Å². The summed E-state index contributed by atoms with van der Waals surface area (Å²) in [6.45, 7) is 0.126. The lowest BCUT2D eigenvalue weighted by molar-refractivity contribution is -0.163. The smallest absolute Gasteiger partial charge is 0.408 e. The minimum atomic E-state index is -0.831. The highest BCUT2D eigenvalue weighted by Crippen LogP contribution is 2.64. The Hall–Kier alpha value is -2.67. The molecule has 150 valence electrons. The van der Waals surface area contributed by atoms with Crippen LogP contribution in [0.1, 0.15) is 18.4 Å². The summed E-state index contributed by atoms with van der Waals surface area (Å²) in [7, 11) is 0. The van der Waals surface area contributed by atoms with Crippen LogP contribution in [-0.4, -0.2) is 41.7 Å². The summed E-state index contributed by atoms with van der Waals surface area (Å²) in [5.41, 5.74) is 0.0340. The molecule has 4 fully saturated rings. The number of esters is 1. The fraction of sp³-hybridized carbons (Fsp3) is 0.500. The predicted molar refractivity (Wildman–Crippen MR) is 98.4 cm³/mol. The van der Waals surface area contributed by atoms with E-state index < -0.39 is 29.8 Å². The van der Waals surface area contributed by atoms with E-state index in [0.29, 0.717) is 6.42 Å². The molecule has 8 atom stereocenters. The Morgan fingerprint density at radius 3 is 2.79 bits per heavy atom. The molecular formula is C22H21NO6. The van der Waals surface area contributed by atoms with Gasteiger partial charge in [0.1, 0.15) is 30.5 Å². The number of carbonyl (C=O) groups excluding carboxylic acids is 3. The minimum Gasteiger partial charge on any atom is -0.454 e. The number of ketones is 1. The highest BCUT2D eigenvalue weighted by Gasteiger charge is 2.76. The van der Waals surface area contributed by atoms with E-state index in [1.807, 2.05) is 30.3 Å². The van der Waals surface area contributed by atoms with Gasteiger partial charge >= 0.3 is 12.1 Å². The number of ether oxygens (including phenoxy) is 3. The summed E-state index contributed by atoms with van der Waals surface area (Å²) in [5.74, 6) is -0.111. The maximum absolute atomic E-state index is 12.7. The van der Waals surface area contributed by atoms with Gasteiger partial charge in [0.15, 0.2) is 5.78 Å². The van der Waals surface area contributed by atoms with Crippen LogP contribution >= 0.6 is 0 Å². The first-order valence-corrected chi connectivity index (χ1v) is 10.1. The predicted octanol–water partition coefficient (Wildman–Crippen LogP) is 1.76. The van der Waals surface area contributed by atoms with Gasteiger partial charge in [0.2, 0.25) is 0 Å². The fourth-order valence-corrected chi connectivity index (χ4v) is 6.05. The number of allylic oxidation sites excluding steroid dienone is 2. The molecule has 2 unspecified atom stereocenters. The molecule has 6 rings (SSSR count). The largest absolute Gasteiger partial charge is 0.454 e. The lowest BCUT2D eigenvalue weighted by Gasteiger charge is -2.42. The molecule has 2 bridgehead atoms. The molecule has 7 heteroatoms. The topological polar surface area (TPSA) is 94.2 Å². The number of Topliss-reactive ketones (excluding diaryl/α,β-unsaturated/α-hetero) is 1. The molecule has 1 amide bonds. The van der Waals surface area contributed by atoms with Crippen LogP contribution in [0.5, 0.6) is 0 Å². The van der Waals surface area contributed by atoms with Crippen LogP contribution in [0, 0.1) is 23.7 Å². The number of hydrogen-bond donors (Lipinski definition) is 1. The van der Waals surface area contributed by atoms with Gasteiger partial charge in [-0.1, -0.05) is 42.5 Å². The zero-order valence-electron chi connectivity index (χ0n) is 15.7. The van der Waals surface area contributed by atoms with E-state index >= 15 is 0 Å². The second-order valence-corrected chi connectivity index (χ2v) is 8.72.